The van der Waals surface area contributed by atoms with Crippen LogP contribution in [0.4, 0.5) is 8.78 Å². The van der Waals surface area contributed by atoms with Crippen LogP contribution in [0.15, 0.2) is 35.3 Å². The zero-order valence-corrected chi connectivity index (χ0v) is 12.2. The van der Waals surface area contributed by atoms with Crippen LogP contribution in [0.5, 0.6) is 5.75 Å². The number of nitrogens with zero attached hydrogens (tertiary/aromatic N) is 3. The molecule has 6 nitrogen and oxygen atoms in total. The minimum Gasteiger partial charge on any atom is -0.507 e. The van der Waals surface area contributed by atoms with Crippen LogP contribution < -0.4 is 5.56 Å². The molecule has 0 saturated heterocycles. The number of aromatic nitrogens is 3. The molecule has 0 aliphatic heterocycles. The number of halogens is 2. The largest absolute Gasteiger partial charge is 0.507 e. The fraction of sp³-hybridized carbons (Fsp3) is 0.200. The molecule has 0 saturated carbocycles. The van der Waals surface area contributed by atoms with Crippen molar-refractivity contribution >= 4 is 11.0 Å². The van der Waals surface area contributed by atoms with E-state index in [-0.39, 0.29) is 35.6 Å². The van der Waals surface area contributed by atoms with Crippen molar-refractivity contribution in [3.05, 3.63) is 52.5 Å². The molecule has 8 heteroatoms. The lowest BCUT2D eigenvalue weighted by Gasteiger charge is -2.12. The van der Waals surface area contributed by atoms with Crippen LogP contribution in [0.3, 0.4) is 0 Å². The number of fused-ring (bicyclic) bond motifs is 1. The molecule has 0 aliphatic rings. The van der Waals surface area contributed by atoms with Crippen LogP contribution in [0.1, 0.15) is 0 Å². The second kappa shape index (κ2) is 5.81. The van der Waals surface area contributed by atoms with Crippen LogP contribution >= 0.6 is 0 Å². The van der Waals surface area contributed by atoms with Gasteiger partial charge < -0.3 is 9.84 Å². The van der Waals surface area contributed by atoms with E-state index in [2.05, 4.69) is 5.10 Å². The third kappa shape index (κ3) is 2.57. The highest BCUT2D eigenvalue weighted by molar-refractivity contribution is 5.83. The number of benzene rings is 1. The molecule has 1 aromatic carbocycles. The average Bonchev–Trinajstić information content (AvgIpc) is 2.92. The van der Waals surface area contributed by atoms with Gasteiger partial charge in [-0.15, -0.1) is 0 Å². The van der Waals surface area contributed by atoms with Crippen molar-refractivity contribution in [3.63, 3.8) is 0 Å². The van der Waals surface area contributed by atoms with Crippen LogP contribution in [-0.4, -0.2) is 33.2 Å². The molecule has 23 heavy (non-hydrogen) atoms. The minimum absolute atomic E-state index is 0.0300. The first-order valence-corrected chi connectivity index (χ1v) is 6.78. The van der Waals surface area contributed by atoms with E-state index in [1.807, 2.05) is 0 Å². The molecule has 1 N–H and O–H groups in total. The Hall–Kier alpha value is -2.74. The first-order valence-electron chi connectivity index (χ1n) is 6.78. The molecule has 0 fully saturated rings. The van der Waals surface area contributed by atoms with Crippen LogP contribution in [0.25, 0.3) is 16.7 Å². The van der Waals surface area contributed by atoms with Crippen molar-refractivity contribution < 1.29 is 18.6 Å². The smallest absolute Gasteiger partial charge is 0.255 e. The van der Waals surface area contributed by atoms with Gasteiger partial charge >= 0.3 is 0 Å². The summed E-state index contributed by atoms with van der Waals surface area (Å²) in [6.45, 7) is 0.442. The molecular weight excluding hydrogens is 308 g/mol. The Morgan fingerprint density at radius 3 is 2.78 bits per heavy atom. The Bertz CT molecular complexity index is 934. The lowest BCUT2D eigenvalue weighted by Crippen LogP contribution is -2.23. The van der Waals surface area contributed by atoms with Gasteiger partial charge in [0.15, 0.2) is 11.5 Å². The van der Waals surface area contributed by atoms with Crippen molar-refractivity contribution in [3.8, 4) is 11.4 Å². The van der Waals surface area contributed by atoms with Gasteiger partial charge in [-0.05, 0) is 12.1 Å². The highest BCUT2D eigenvalue weighted by Crippen LogP contribution is 2.25. The van der Waals surface area contributed by atoms with Gasteiger partial charge in [-0.3, -0.25) is 9.36 Å². The lowest BCUT2D eigenvalue weighted by atomic mass is 10.3. The van der Waals surface area contributed by atoms with Crippen molar-refractivity contribution in [2.45, 2.75) is 6.54 Å². The number of aromatic hydroxyl groups is 1. The number of methoxy groups -OCH3 is 1. The monoisotopic (exact) mass is 321 g/mol. The van der Waals surface area contributed by atoms with Gasteiger partial charge in [-0.1, -0.05) is 0 Å². The van der Waals surface area contributed by atoms with E-state index < -0.39 is 17.2 Å². The third-order valence-corrected chi connectivity index (χ3v) is 3.46. The van der Waals surface area contributed by atoms with Crippen molar-refractivity contribution in [2.75, 3.05) is 13.7 Å². The molecule has 0 bridgehead atoms. The Labute approximate surface area is 129 Å². The normalized spacial score (nSPS) is 11.3. The highest BCUT2D eigenvalue weighted by atomic mass is 19.1. The van der Waals surface area contributed by atoms with Crippen molar-refractivity contribution in [2.24, 2.45) is 0 Å². The molecule has 0 aliphatic carbocycles. The summed E-state index contributed by atoms with van der Waals surface area (Å²) in [5, 5.41) is 14.2. The summed E-state index contributed by atoms with van der Waals surface area (Å²) in [4.78, 5) is 12.1. The summed E-state index contributed by atoms with van der Waals surface area (Å²) in [6, 6.07) is 4.09. The average molecular weight is 321 g/mol. The van der Waals surface area contributed by atoms with Gasteiger partial charge in [0.05, 0.1) is 24.7 Å². The van der Waals surface area contributed by atoms with Crippen LogP contribution in [0, 0.1) is 11.6 Å². The maximum Gasteiger partial charge on any atom is 0.255 e. The molecule has 2 aromatic heterocycles. The standard InChI is InChI=1S/C15H13F2N3O3/c1-23-5-4-19-14(22)7-13(21)10-8-18-20(15(10)19)12-3-2-9(16)6-11(12)17/h2-3,6-8,21H,4-5H2,1H3. The van der Waals surface area contributed by atoms with Gasteiger partial charge in [-0.25, -0.2) is 13.5 Å². The predicted octanol–water partition coefficient (Wildman–Crippen LogP) is 1.82. The molecule has 0 atom stereocenters. The van der Waals surface area contributed by atoms with E-state index in [1.54, 1.807) is 0 Å². The maximum absolute atomic E-state index is 14.1. The molecular formula is C15H13F2N3O3. The second-order valence-electron chi connectivity index (χ2n) is 4.90. The topological polar surface area (TPSA) is 69.3 Å². The van der Waals surface area contributed by atoms with Crippen molar-refractivity contribution in [1.29, 1.82) is 0 Å². The van der Waals surface area contributed by atoms with E-state index in [1.165, 1.54) is 23.9 Å². The fourth-order valence-electron chi connectivity index (χ4n) is 2.39. The number of ether oxygens (including phenoxy) is 1. The zero-order chi connectivity index (χ0) is 16.6. The molecule has 0 radical (unpaired) electrons. The summed E-state index contributed by atoms with van der Waals surface area (Å²) in [5.74, 6) is -1.81. The molecule has 0 unspecified atom stereocenters. The SMILES string of the molecule is COCCn1c(=O)cc(O)c2cnn(-c3ccc(F)cc3F)c21. The molecule has 0 spiro atoms. The Kier molecular flexibility index (Phi) is 3.83. The van der Waals surface area contributed by atoms with Gasteiger partial charge in [-0.2, -0.15) is 5.10 Å². The number of hydrogen-bond donors (Lipinski definition) is 1. The summed E-state index contributed by atoms with van der Waals surface area (Å²) in [7, 11) is 1.49. The van der Waals surface area contributed by atoms with Crippen LogP contribution in [0.2, 0.25) is 0 Å². The van der Waals surface area contributed by atoms with Gasteiger partial charge in [0.2, 0.25) is 0 Å². The Balaban J connectivity index is 2.31. The first kappa shape index (κ1) is 15.2. The van der Waals surface area contributed by atoms with Crippen LogP contribution in [-0.2, 0) is 11.3 Å². The van der Waals surface area contributed by atoms with Gasteiger partial charge in [0, 0.05) is 19.2 Å². The molecule has 3 aromatic rings. The molecule has 120 valence electrons. The van der Waals surface area contributed by atoms with Crippen molar-refractivity contribution in [1.82, 2.24) is 14.3 Å². The van der Waals surface area contributed by atoms with E-state index in [4.69, 9.17) is 4.74 Å². The molecule has 0 amide bonds. The van der Waals surface area contributed by atoms with E-state index in [9.17, 15) is 18.7 Å². The number of hydrogen-bond acceptors (Lipinski definition) is 4. The summed E-state index contributed by atoms with van der Waals surface area (Å²) in [6.07, 6.45) is 1.32. The summed E-state index contributed by atoms with van der Waals surface area (Å²) in [5.41, 5.74) is -0.300. The molecule has 3 rings (SSSR count). The van der Waals surface area contributed by atoms with E-state index in [0.29, 0.717) is 0 Å². The first-order chi connectivity index (χ1) is 11.0. The predicted molar refractivity (Wildman–Crippen MR) is 78.8 cm³/mol. The summed E-state index contributed by atoms with van der Waals surface area (Å²) < 4.78 is 34.6. The fourth-order valence-corrected chi connectivity index (χ4v) is 2.39. The lowest BCUT2D eigenvalue weighted by molar-refractivity contribution is 0.187. The summed E-state index contributed by atoms with van der Waals surface area (Å²) >= 11 is 0. The number of pyridine rings is 1. The van der Waals surface area contributed by atoms with E-state index in [0.717, 1.165) is 22.9 Å². The van der Waals surface area contributed by atoms with Gasteiger partial charge in [0.1, 0.15) is 17.3 Å². The van der Waals surface area contributed by atoms with E-state index >= 15 is 0 Å². The third-order valence-electron chi connectivity index (χ3n) is 3.46. The minimum atomic E-state index is -0.830. The maximum atomic E-state index is 14.1. The Morgan fingerprint density at radius 1 is 1.30 bits per heavy atom. The second-order valence-corrected chi connectivity index (χ2v) is 4.90. The zero-order valence-electron chi connectivity index (χ0n) is 12.2. The Morgan fingerprint density at radius 2 is 2.09 bits per heavy atom. The quantitative estimate of drug-likeness (QED) is 0.796. The number of rotatable bonds is 4. The van der Waals surface area contributed by atoms with Gasteiger partial charge in [0.25, 0.3) is 5.56 Å². The molecule has 2 heterocycles. The highest BCUT2D eigenvalue weighted by Gasteiger charge is 2.17.